The first-order valence-corrected chi connectivity index (χ1v) is 9.23. The van der Waals surface area contributed by atoms with Crippen LogP contribution >= 0.6 is 0 Å². The lowest BCUT2D eigenvalue weighted by Crippen LogP contribution is -2.53. The van der Waals surface area contributed by atoms with Crippen LogP contribution in [0.2, 0.25) is 0 Å². The maximum Gasteiger partial charge on any atom is 0.305 e. The third-order valence-electron chi connectivity index (χ3n) is 5.32. The van der Waals surface area contributed by atoms with Gasteiger partial charge in [-0.1, -0.05) is 30.3 Å². The molecule has 2 N–H and O–H groups in total. The summed E-state index contributed by atoms with van der Waals surface area (Å²) in [5.74, 6) is -1.13. The van der Waals surface area contributed by atoms with Crippen molar-refractivity contribution in [3.8, 4) is 0 Å². The lowest BCUT2D eigenvalue weighted by molar-refractivity contribution is -0.139. The van der Waals surface area contributed by atoms with Crippen LogP contribution in [-0.4, -0.2) is 40.3 Å². The van der Waals surface area contributed by atoms with Gasteiger partial charge in [-0.15, -0.1) is 0 Å². The molecule has 27 heavy (non-hydrogen) atoms. The minimum atomic E-state index is -0.910. The number of nitrogens with zero attached hydrogens (tertiary/aromatic N) is 1. The average Bonchev–Trinajstić information content (AvgIpc) is 2.91. The van der Waals surface area contributed by atoms with Crippen LogP contribution in [-0.2, 0) is 16.1 Å². The highest BCUT2D eigenvalue weighted by Crippen LogP contribution is 2.26. The Balaban J connectivity index is 1.82. The van der Waals surface area contributed by atoms with Crippen molar-refractivity contribution in [2.75, 3.05) is 13.2 Å². The van der Waals surface area contributed by atoms with Gasteiger partial charge in [0.2, 0.25) is 0 Å². The summed E-state index contributed by atoms with van der Waals surface area (Å²) in [5.41, 5.74) is 2.90. The summed E-state index contributed by atoms with van der Waals surface area (Å²) in [6, 6.07) is 12.0. The van der Waals surface area contributed by atoms with Crippen molar-refractivity contribution in [2.45, 2.75) is 45.2 Å². The molecule has 0 saturated carbocycles. The zero-order valence-electron chi connectivity index (χ0n) is 15.8. The van der Waals surface area contributed by atoms with E-state index in [-0.39, 0.29) is 12.3 Å². The zero-order chi connectivity index (χ0) is 19.4. The fourth-order valence-corrected chi connectivity index (χ4v) is 3.75. The lowest BCUT2D eigenvalue weighted by atomic mass is 9.86. The number of aliphatic carboxylic acids is 1. The van der Waals surface area contributed by atoms with Crippen molar-refractivity contribution in [3.05, 3.63) is 58.9 Å². The minimum Gasteiger partial charge on any atom is -0.481 e. The maximum atomic E-state index is 13.0. The first-order valence-electron chi connectivity index (χ1n) is 9.23. The van der Waals surface area contributed by atoms with Gasteiger partial charge < -0.3 is 19.7 Å². The van der Waals surface area contributed by atoms with E-state index in [0.29, 0.717) is 38.2 Å². The average molecular weight is 370 g/mol. The number of aromatic nitrogens is 1. The normalized spacial score (nSPS) is 16.1. The first-order chi connectivity index (χ1) is 12.9. The molecule has 0 bridgehead atoms. The van der Waals surface area contributed by atoms with Crippen molar-refractivity contribution in [1.29, 1.82) is 0 Å². The quantitative estimate of drug-likeness (QED) is 0.819. The molecule has 2 heterocycles. The molecule has 1 amide bonds. The van der Waals surface area contributed by atoms with Gasteiger partial charge in [0, 0.05) is 31.1 Å². The monoisotopic (exact) mass is 370 g/mol. The van der Waals surface area contributed by atoms with E-state index in [4.69, 9.17) is 4.74 Å². The van der Waals surface area contributed by atoms with Gasteiger partial charge in [-0.05, 0) is 38.3 Å². The van der Waals surface area contributed by atoms with Crippen molar-refractivity contribution >= 4 is 11.9 Å². The molecule has 1 aromatic heterocycles. The van der Waals surface area contributed by atoms with E-state index in [0.717, 1.165) is 17.0 Å². The van der Waals surface area contributed by atoms with E-state index in [1.807, 2.05) is 38.1 Å². The van der Waals surface area contributed by atoms with Gasteiger partial charge in [-0.25, -0.2) is 0 Å². The lowest BCUT2D eigenvalue weighted by Gasteiger charge is -2.36. The molecule has 0 radical (unpaired) electrons. The van der Waals surface area contributed by atoms with Crippen LogP contribution in [0.25, 0.3) is 0 Å². The summed E-state index contributed by atoms with van der Waals surface area (Å²) < 4.78 is 7.47. The third kappa shape index (κ3) is 4.39. The number of nitrogens with one attached hydrogen (secondary N) is 1. The largest absolute Gasteiger partial charge is 0.481 e. The summed E-state index contributed by atoms with van der Waals surface area (Å²) in [6.45, 7) is 5.52. The zero-order valence-corrected chi connectivity index (χ0v) is 15.8. The molecule has 1 aliphatic rings. The van der Waals surface area contributed by atoms with E-state index >= 15 is 0 Å². The molecule has 6 nitrogen and oxygen atoms in total. The van der Waals surface area contributed by atoms with Gasteiger partial charge in [0.15, 0.2) is 0 Å². The number of ether oxygens (including phenoxy) is 1. The van der Waals surface area contributed by atoms with Gasteiger partial charge >= 0.3 is 5.97 Å². The van der Waals surface area contributed by atoms with Crippen molar-refractivity contribution in [1.82, 2.24) is 9.88 Å². The van der Waals surface area contributed by atoms with Crippen LogP contribution in [0.15, 0.2) is 36.4 Å². The van der Waals surface area contributed by atoms with Crippen LogP contribution in [0, 0.1) is 13.8 Å². The van der Waals surface area contributed by atoms with E-state index in [1.54, 1.807) is 0 Å². The molecular weight excluding hydrogens is 344 g/mol. The van der Waals surface area contributed by atoms with E-state index < -0.39 is 11.5 Å². The highest BCUT2D eigenvalue weighted by molar-refractivity contribution is 5.96. The number of hydrogen-bond donors (Lipinski definition) is 2. The number of hydrogen-bond acceptors (Lipinski definition) is 3. The van der Waals surface area contributed by atoms with Crippen LogP contribution < -0.4 is 5.32 Å². The maximum absolute atomic E-state index is 13.0. The fraction of sp³-hybridized carbons (Fsp3) is 0.429. The molecule has 144 valence electrons. The molecule has 1 fully saturated rings. The number of rotatable bonds is 6. The Kier molecular flexibility index (Phi) is 5.65. The molecule has 0 aliphatic carbocycles. The topological polar surface area (TPSA) is 80.6 Å². The Labute approximate surface area is 159 Å². The Morgan fingerprint density at radius 3 is 2.48 bits per heavy atom. The summed E-state index contributed by atoms with van der Waals surface area (Å²) in [6.07, 6.45) is 0.923. The number of carbonyl (C=O) groups excluding carboxylic acids is 1. The fourth-order valence-electron chi connectivity index (χ4n) is 3.75. The Morgan fingerprint density at radius 2 is 1.85 bits per heavy atom. The standard InChI is InChI=1S/C21H26N2O4/c1-15-12-18(16(2)23(15)14-17-6-4-3-5-7-17)20(26)22-21(13-19(24)25)8-10-27-11-9-21/h3-7,12H,8-11,13-14H2,1-2H3,(H,22,26)(H,24,25). The highest BCUT2D eigenvalue weighted by atomic mass is 16.5. The van der Waals surface area contributed by atoms with E-state index in [1.165, 1.54) is 0 Å². The number of carbonyl (C=O) groups is 2. The molecule has 2 aromatic rings. The summed E-state index contributed by atoms with van der Waals surface area (Å²) >= 11 is 0. The molecule has 1 saturated heterocycles. The van der Waals surface area contributed by atoms with E-state index in [2.05, 4.69) is 22.0 Å². The number of benzene rings is 1. The molecule has 1 aromatic carbocycles. The molecule has 1 aliphatic heterocycles. The Morgan fingerprint density at radius 1 is 1.19 bits per heavy atom. The van der Waals surface area contributed by atoms with Crippen LogP contribution in [0.3, 0.4) is 0 Å². The SMILES string of the molecule is Cc1cc(C(=O)NC2(CC(=O)O)CCOCC2)c(C)n1Cc1ccccc1. The van der Waals surface area contributed by atoms with Crippen LogP contribution in [0.4, 0.5) is 0 Å². The van der Waals surface area contributed by atoms with Gasteiger partial charge in [0.25, 0.3) is 5.91 Å². The van der Waals surface area contributed by atoms with Crippen molar-refractivity contribution in [3.63, 3.8) is 0 Å². The minimum absolute atomic E-state index is 0.0924. The second-order valence-electron chi connectivity index (χ2n) is 7.27. The molecule has 0 spiro atoms. The number of carboxylic acids is 1. The molecule has 6 heteroatoms. The number of carboxylic acid groups (broad SMARTS) is 1. The van der Waals surface area contributed by atoms with Gasteiger partial charge in [-0.2, -0.15) is 0 Å². The first kappa shape index (κ1) is 19.2. The predicted octanol–water partition coefficient (Wildman–Crippen LogP) is 2.91. The second-order valence-corrected chi connectivity index (χ2v) is 7.27. The van der Waals surface area contributed by atoms with Gasteiger partial charge in [-0.3, -0.25) is 9.59 Å². The predicted molar refractivity (Wildman–Crippen MR) is 102 cm³/mol. The van der Waals surface area contributed by atoms with Gasteiger partial charge in [0.1, 0.15) is 0 Å². The smallest absolute Gasteiger partial charge is 0.305 e. The summed E-state index contributed by atoms with van der Waals surface area (Å²) in [7, 11) is 0. The third-order valence-corrected chi connectivity index (χ3v) is 5.32. The van der Waals surface area contributed by atoms with Crippen molar-refractivity contribution in [2.24, 2.45) is 0 Å². The summed E-state index contributed by atoms with van der Waals surface area (Å²) in [4.78, 5) is 24.3. The molecule has 3 rings (SSSR count). The Bertz CT molecular complexity index is 820. The number of amides is 1. The number of aryl methyl sites for hydroxylation is 1. The van der Waals surface area contributed by atoms with Gasteiger partial charge in [0.05, 0.1) is 17.5 Å². The Hall–Kier alpha value is -2.60. The second kappa shape index (κ2) is 7.96. The summed E-state index contributed by atoms with van der Waals surface area (Å²) in [5, 5.41) is 12.3. The molecular formula is C21H26N2O4. The molecule has 0 unspecified atom stereocenters. The van der Waals surface area contributed by atoms with Crippen LogP contribution in [0.1, 0.15) is 46.6 Å². The molecule has 0 atom stereocenters. The van der Waals surface area contributed by atoms with Crippen LogP contribution in [0.5, 0.6) is 0 Å². The van der Waals surface area contributed by atoms with E-state index in [9.17, 15) is 14.7 Å². The highest BCUT2D eigenvalue weighted by Gasteiger charge is 2.37. The van der Waals surface area contributed by atoms with Crippen molar-refractivity contribution < 1.29 is 19.4 Å².